The van der Waals surface area contributed by atoms with Crippen LogP contribution in [0.15, 0.2) is 6.07 Å². The Morgan fingerprint density at radius 1 is 1.28 bits per heavy atom. The minimum absolute atomic E-state index is 0.0947. The van der Waals surface area contributed by atoms with E-state index in [1.807, 2.05) is 6.92 Å². The first kappa shape index (κ1) is 17.9. The normalized spacial score (nSPS) is 27.3. The molecule has 0 aromatic carbocycles. The van der Waals surface area contributed by atoms with Gasteiger partial charge >= 0.3 is 11.9 Å². The van der Waals surface area contributed by atoms with Crippen LogP contribution >= 0.6 is 11.3 Å². The third-order valence-corrected chi connectivity index (χ3v) is 6.54. The van der Waals surface area contributed by atoms with E-state index in [-0.39, 0.29) is 17.7 Å². The molecule has 2 aliphatic carbocycles. The Labute approximate surface area is 150 Å². The SMILES string of the molecule is CCCc1cc(C(=O)OC)c(NC(=O)[C@@H]2[C@@H]3CC[C@H](C3)[C@@H]2C(=O)O)s1. The predicted octanol–water partition coefficient (Wildman–Crippen LogP) is 3.17. The molecule has 1 aromatic rings. The lowest BCUT2D eigenvalue weighted by atomic mass is 9.79. The number of ether oxygens (including phenoxy) is 1. The molecule has 1 amide bonds. The fraction of sp³-hybridized carbons (Fsp3) is 0.611. The Kier molecular flexibility index (Phi) is 5.13. The highest BCUT2D eigenvalue weighted by Gasteiger charge is 2.54. The monoisotopic (exact) mass is 365 g/mol. The van der Waals surface area contributed by atoms with Crippen LogP contribution in [0.25, 0.3) is 0 Å². The van der Waals surface area contributed by atoms with Gasteiger partial charge in [0.1, 0.15) is 5.00 Å². The fourth-order valence-corrected chi connectivity index (χ4v) is 5.53. The van der Waals surface area contributed by atoms with Crippen LogP contribution in [0, 0.1) is 23.7 Å². The maximum Gasteiger partial charge on any atom is 0.340 e. The molecule has 2 aliphatic rings. The fourth-order valence-electron chi connectivity index (χ4n) is 4.39. The molecule has 0 radical (unpaired) electrons. The van der Waals surface area contributed by atoms with Crippen molar-refractivity contribution in [2.75, 3.05) is 12.4 Å². The third-order valence-electron chi connectivity index (χ3n) is 5.43. The second kappa shape index (κ2) is 7.15. The highest BCUT2D eigenvalue weighted by atomic mass is 32.1. The number of carboxylic acid groups (broad SMARTS) is 1. The lowest BCUT2D eigenvalue weighted by Gasteiger charge is -2.26. The Morgan fingerprint density at radius 2 is 1.96 bits per heavy atom. The first-order valence-electron chi connectivity index (χ1n) is 8.70. The minimum atomic E-state index is -0.890. The summed E-state index contributed by atoms with van der Waals surface area (Å²) in [5.41, 5.74) is 0.347. The summed E-state index contributed by atoms with van der Waals surface area (Å²) in [5.74, 6) is -2.57. The molecule has 2 bridgehead atoms. The molecule has 2 saturated carbocycles. The first-order chi connectivity index (χ1) is 12.0. The number of fused-ring (bicyclic) bond motifs is 2. The number of carboxylic acids is 1. The van der Waals surface area contributed by atoms with Crippen molar-refractivity contribution >= 4 is 34.2 Å². The van der Waals surface area contributed by atoms with Crippen molar-refractivity contribution < 1.29 is 24.2 Å². The second-order valence-electron chi connectivity index (χ2n) is 6.91. The van der Waals surface area contributed by atoms with Gasteiger partial charge in [-0.25, -0.2) is 4.79 Å². The van der Waals surface area contributed by atoms with E-state index in [0.717, 1.165) is 37.0 Å². The van der Waals surface area contributed by atoms with E-state index >= 15 is 0 Å². The molecule has 136 valence electrons. The molecule has 7 heteroatoms. The molecule has 2 fully saturated rings. The van der Waals surface area contributed by atoms with Gasteiger partial charge in [-0.05, 0) is 43.6 Å². The second-order valence-corrected chi connectivity index (χ2v) is 8.05. The summed E-state index contributed by atoms with van der Waals surface area (Å²) < 4.78 is 4.81. The van der Waals surface area contributed by atoms with E-state index in [1.165, 1.54) is 18.4 Å². The average Bonchev–Trinajstić information content (AvgIpc) is 3.28. The zero-order chi connectivity index (χ0) is 18.1. The van der Waals surface area contributed by atoms with E-state index in [9.17, 15) is 19.5 Å². The summed E-state index contributed by atoms with van der Waals surface area (Å²) in [6, 6.07) is 1.76. The number of nitrogens with one attached hydrogen (secondary N) is 1. The Hall–Kier alpha value is -1.89. The van der Waals surface area contributed by atoms with Crippen molar-refractivity contribution in [1.29, 1.82) is 0 Å². The third kappa shape index (κ3) is 3.29. The molecule has 0 saturated heterocycles. The van der Waals surface area contributed by atoms with Crippen molar-refractivity contribution in [1.82, 2.24) is 0 Å². The van der Waals surface area contributed by atoms with E-state index in [1.54, 1.807) is 6.07 Å². The van der Waals surface area contributed by atoms with Crippen LogP contribution in [-0.4, -0.2) is 30.1 Å². The molecule has 1 aromatic heterocycles. The van der Waals surface area contributed by atoms with E-state index in [2.05, 4.69) is 5.32 Å². The molecule has 0 unspecified atom stereocenters. The zero-order valence-corrected chi connectivity index (χ0v) is 15.2. The number of rotatable bonds is 6. The first-order valence-corrected chi connectivity index (χ1v) is 9.52. The number of esters is 1. The smallest absolute Gasteiger partial charge is 0.340 e. The molecule has 0 aliphatic heterocycles. The van der Waals surface area contributed by atoms with Crippen molar-refractivity contribution in [2.24, 2.45) is 23.7 Å². The summed E-state index contributed by atoms with van der Waals surface area (Å²) in [6.45, 7) is 2.04. The van der Waals surface area contributed by atoms with Crippen LogP contribution in [0.3, 0.4) is 0 Å². The van der Waals surface area contributed by atoms with Crippen molar-refractivity contribution in [3.63, 3.8) is 0 Å². The highest BCUT2D eigenvalue weighted by Crippen LogP contribution is 2.52. The molecule has 25 heavy (non-hydrogen) atoms. The topological polar surface area (TPSA) is 92.7 Å². The molecule has 4 atom stereocenters. The Balaban J connectivity index is 1.83. The number of thiophene rings is 1. The summed E-state index contributed by atoms with van der Waals surface area (Å²) in [7, 11) is 1.31. The number of aryl methyl sites for hydroxylation is 1. The van der Waals surface area contributed by atoms with Crippen LogP contribution in [0.4, 0.5) is 5.00 Å². The molecular weight excluding hydrogens is 342 g/mol. The quantitative estimate of drug-likeness (QED) is 0.755. The van der Waals surface area contributed by atoms with Crippen molar-refractivity contribution in [2.45, 2.75) is 39.0 Å². The van der Waals surface area contributed by atoms with Crippen LogP contribution in [0.1, 0.15) is 47.8 Å². The van der Waals surface area contributed by atoms with Gasteiger partial charge < -0.3 is 15.2 Å². The Bertz CT molecular complexity index is 698. The van der Waals surface area contributed by atoms with Crippen LogP contribution in [0.2, 0.25) is 0 Å². The average molecular weight is 365 g/mol. The van der Waals surface area contributed by atoms with Gasteiger partial charge in [0, 0.05) is 4.88 Å². The van der Waals surface area contributed by atoms with Crippen LogP contribution < -0.4 is 5.32 Å². The van der Waals surface area contributed by atoms with Crippen molar-refractivity contribution in [3.05, 3.63) is 16.5 Å². The van der Waals surface area contributed by atoms with E-state index < -0.39 is 23.8 Å². The summed E-state index contributed by atoms with van der Waals surface area (Å²) in [5, 5.41) is 12.8. The molecule has 2 N–H and O–H groups in total. The number of hydrogen-bond acceptors (Lipinski definition) is 5. The molecular formula is C18H23NO5S. The standard InChI is InChI=1S/C18H23NO5S/c1-3-4-11-8-12(18(23)24-2)16(25-11)19-15(20)13-9-5-6-10(7-9)14(13)17(21)22/h8-10,13-14H,3-7H2,1-2H3,(H,19,20)(H,21,22)/t9-,10-,13-,14+/m1/s1. The molecule has 1 heterocycles. The molecule has 0 spiro atoms. The highest BCUT2D eigenvalue weighted by molar-refractivity contribution is 7.16. The summed E-state index contributed by atoms with van der Waals surface area (Å²) in [4.78, 5) is 37.4. The molecule has 6 nitrogen and oxygen atoms in total. The van der Waals surface area contributed by atoms with Crippen LogP contribution in [0.5, 0.6) is 0 Å². The van der Waals surface area contributed by atoms with E-state index in [4.69, 9.17) is 4.74 Å². The van der Waals surface area contributed by atoms with Gasteiger partial charge in [-0.3, -0.25) is 9.59 Å². The summed E-state index contributed by atoms with van der Waals surface area (Å²) in [6.07, 6.45) is 4.35. The van der Waals surface area contributed by atoms with Gasteiger partial charge in [-0.1, -0.05) is 13.3 Å². The van der Waals surface area contributed by atoms with Gasteiger partial charge in [0.2, 0.25) is 5.91 Å². The zero-order valence-electron chi connectivity index (χ0n) is 14.4. The van der Waals surface area contributed by atoms with Gasteiger partial charge in [0.05, 0.1) is 24.5 Å². The number of methoxy groups -OCH3 is 1. The number of anilines is 1. The molecule has 3 rings (SSSR count). The largest absolute Gasteiger partial charge is 0.481 e. The number of carbonyl (C=O) groups is 3. The number of carbonyl (C=O) groups excluding carboxylic acids is 2. The van der Waals surface area contributed by atoms with Gasteiger partial charge in [-0.2, -0.15) is 0 Å². The number of hydrogen-bond donors (Lipinski definition) is 2. The number of aliphatic carboxylic acids is 1. The predicted molar refractivity (Wildman–Crippen MR) is 93.7 cm³/mol. The van der Waals surface area contributed by atoms with Crippen molar-refractivity contribution in [3.8, 4) is 0 Å². The summed E-state index contributed by atoms with van der Waals surface area (Å²) >= 11 is 1.36. The maximum atomic E-state index is 12.8. The van der Waals surface area contributed by atoms with Gasteiger partial charge in [0.25, 0.3) is 0 Å². The lowest BCUT2D eigenvalue weighted by Crippen LogP contribution is -2.37. The van der Waals surface area contributed by atoms with Gasteiger partial charge in [0.15, 0.2) is 0 Å². The van der Waals surface area contributed by atoms with Gasteiger partial charge in [-0.15, -0.1) is 11.3 Å². The van der Waals surface area contributed by atoms with E-state index in [0.29, 0.717) is 10.6 Å². The Morgan fingerprint density at radius 3 is 2.56 bits per heavy atom. The lowest BCUT2D eigenvalue weighted by molar-refractivity contribution is -0.148. The maximum absolute atomic E-state index is 12.8. The minimum Gasteiger partial charge on any atom is -0.481 e. The number of amides is 1. The van der Waals surface area contributed by atoms with Crippen LogP contribution in [-0.2, 0) is 20.7 Å².